The molecule has 1 unspecified atom stereocenters. The van der Waals surface area contributed by atoms with Crippen LogP contribution in [0, 0.1) is 6.92 Å². The molecule has 0 radical (unpaired) electrons. The molecule has 1 aromatic carbocycles. The van der Waals surface area contributed by atoms with E-state index in [0.29, 0.717) is 26.1 Å². The van der Waals surface area contributed by atoms with E-state index >= 15 is 0 Å². The number of carbonyl (C=O) groups excluding carboxylic acids is 2. The van der Waals surface area contributed by atoms with Crippen molar-refractivity contribution in [3.8, 4) is 0 Å². The van der Waals surface area contributed by atoms with Crippen LogP contribution >= 0.6 is 0 Å². The van der Waals surface area contributed by atoms with Crippen LogP contribution in [0.25, 0.3) is 0 Å². The third kappa shape index (κ3) is 6.74. The topological polar surface area (TPSA) is 84.4 Å². The summed E-state index contributed by atoms with van der Waals surface area (Å²) >= 11 is 0. The minimum absolute atomic E-state index is 0.0886. The Balaban J connectivity index is 1.94. The SMILES string of the molecule is COCCCN(CCC(=O)NC(C)c1ccccc1)C(=O)c1cnc(C)cn1. The van der Waals surface area contributed by atoms with Gasteiger partial charge in [0, 0.05) is 39.4 Å². The molecule has 0 aliphatic heterocycles. The monoisotopic (exact) mass is 384 g/mol. The van der Waals surface area contributed by atoms with Crippen molar-refractivity contribution in [1.29, 1.82) is 0 Å². The van der Waals surface area contributed by atoms with Gasteiger partial charge in [-0.15, -0.1) is 0 Å². The summed E-state index contributed by atoms with van der Waals surface area (Å²) in [6, 6.07) is 9.68. The number of hydrogen-bond donors (Lipinski definition) is 1. The third-order valence-electron chi connectivity index (χ3n) is 4.35. The zero-order chi connectivity index (χ0) is 20.4. The molecule has 1 atom stereocenters. The highest BCUT2D eigenvalue weighted by molar-refractivity contribution is 5.92. The van der Waals surface area contributed by atoms with Crippen LogP contribution in [0.1, 0.15) is 47.6 Å². The van der Waals surface area contributed by atoms with Crippen LogP contribution in [-0.4, -0.2) is 53.5 Å². The highest BCUT2D eigenvalue weighted by Gasteiger charge is 2.19. The van der Waals surface area contributed by atoms with E-state index in [1.807, 2.05) is 44.2 Å². The highest BCUT2D eigenvalue weighted by atomic mass is 16.5. The molecule has 1 aromatic heterocycles. The second kappa shape index (κ2) is 11.1. The van der Waals surface area contributed by atoms with Gasteiger partial charge in [-0.05, 0) is 25.8 Å². The van der Waals surface area contributed by atoms with Crippen LogP contribution < -0.4 is 5.32 Å². The van der Waals surface area contributed by atoms with Crippen LogP contribution in [0.15, 0.2) is 42.7 Å². The smallest absolute Gasteiger partial charge is 0.274 e. The number of ether oxygens (including phenoxy) is 1. The maximum absolute atomic E-state index is 12.8. The Bertz CT molecular complexity index is 750. The molecule has 1 heterocycles. The second-order valence-corrected chi connectivity index (χ2v) is 6.63. The fourth-order valence-corrected chi connectivity index (χ4v) is 2.75. The van der Waals surface area contributed by atoms with Gasteiger partial charge >= 0.3 is 0 Å². The molecular weight excluding hydrogens is 356 g/mol. The predicted octanol–water partition coefficient (Wildman–Crippen LogP) is 2.53. The fraction of sp³-hybridized carbons (Fsp3) is 0.429. The van der Waals surface area contributed by atoms with Crippen molar-refractivity contribution in [1.82, 2.24) is 20.2 Å². The van der Waals surface area contributed by atoms with E-state index in [4.69, 9.17) is 4.74 Å². The lowest BCUT2D eigenvalue weighted by Crippen LogP contribution is -2.37. The summed E-state index contributed by atoms with van der Waals surface area (Å²) in [7, 11) is 1.62. The van der Waals surface area contributed by atoms with E-state index in [1.54, 1.807) is 18.2 Å². The first-order chi connectivity index (χ1) is 13.5. The summed E-state index contributed by atoms with van der Waals surface area (Å²) < 4.78 is 5.08. The average Bonchev–Trinajstić information content (AvgIpc) is 2.71. The Labute approximate surface area is 166 Å². The maximum atomic E-state index is 12.8. The molecule has 28 heavy (non-hydrogen) atoms. The molecule has 1 N–H and O–H groups in total. The van der Waals surface area contributed by atoms with Crippen LogP contribution in [0.5, 0.6) is 0 Å². The summed E-state index contributed by atoms with van der Waals surface area (Å²) in [5.74, 6) is -0.330. The molecule has 0 aliphatic rings. The third-order valence-corrected chi connectivity index (χ3v) is 4.35. The van der Waals surface area contributed by atoms with Crippen LogP contribution in [0.4, 0.5) is 0 Å². The lowest BCUT2D eigenvalue weighted by molar-refractivity contribution is -0.121. The normalized spacial score (nSPS) is 11.7. The molecule has 0 bridgehead atoms. The van der Waals surface area contributed by atoms with Crippen molar-refractivity contribution >= 4 is 11.8 Å². The van der Waals surface area contributed by atoms with Crippen molar-refractivity contribution in [2.75, 3.05) is 26.8 Å². The Morgan fingerprint density at radius 2 is 1.89 bits per heavy atom. The van der Waals surface area contributed by atoms with Gasteiger partial charge in [-0.25, -0.2) is 4.98 Å². The van der Waals surface area contributed by atoms with Crippen LogP contribution in [-0.2, 0) is 9.53 Å². The number of benzene rings is 1. The molecular formula is C21H28N4O3. The predicted molar refractivity (Wildman–Crippen MR) is 107 cm³/mol. The van der Waals surface area contributed by atoms with Crippen molar-refractivity contribution in [3.63, 3.8) is 0 Å². The van der Waals surface area contributed by atoms with Crippen molar-refractivity contribution in [2.45, 2.75) is 32.7 Å². The molecule has 2 rings (SSSR count). The minimum atomic E-state index is -0.229. The number of methoxy groups -OCH3 is 1. The molecule has 0 saturated heterocycles. The van der Waals surface area contributed by atoms with Gasteiger partial charge in [0.2, 0.25) is 5.91 Å². The number of carbonyl (C=O) groups is 2. The van der Waals surface area contributed by atoms with Gasteiger partial charge in [0.25, 0.3) is 5.91 Å². The molecule has 7 nitrogen and oxygen atoms in total. The fourth-order valence-electron chi connectivity index (χ4n) is 2.75. The first-order valence-electron chi connectivity index (χ1n) is 9.42. The average molecular weight is 384 g/mol. The van der Waals surface area contributed by atoms with Crippen LogP contribution in [0.3, 0.4) is 0 Å². The first kappa shape index (κ1) is 21.5. The van der Waals surface area contributed by atoms with Crippen LogP contribution in [0.2, 0.25) is 0 Å². The number of amides is 2. The quantitative estimate of drug-likeness (QED) is 0.637. The van der Waals surface area contributed by atoms with Gasteiger partial charge in [0.1, 0.15) is 5.69 Å². The van der Waals surface area contributed by atoms with Gasteiger partial charge in [0.05, 0.1) is 17.9 Å². The lowest BCUT2D eigenvalue weighted by atomic mass is 10.1. The molecule has 0 saturated carbocycles. The van der Waals surface area contributed by atoms with E-state index in [1.165, 1.54) is 6.20 Å². The number of aryl methyl sites for hydroxylation is 1. The summed E-state index contributed by atoms with van der Waals surface area (Å²) in [6.07, 6.45) is 3.94. The second-order valence-electron chi connectivity index (χ2n) is 6.63. The zero-order valence-electron chi connectivity index (χ0n) is 16.7. The molecule has 0 spiro atoms. The highest BCUT2D eigenvalue weighted by Crippen LogP contribution is 2.11. The van der Waals surface area contributed by atoms with Crippen molar-refractivity contribution < 1.29 is 14.3 Å². The van der Waals surface area contributed by atoms with Gasteiger partial charge in [-0.3, -0.25) is 14.6 Å². The summed E-state index contributed by atoms with van der Waals surface area (Å²) in [5, 5.41) is 2.98. The van der Waals surface area contributed by atoms with Crippen molar-refractivity contribution in [3.05, 3.63) is 59.7 Å². The molecule has 0 aliphatic carbocycles. The number of hydrogen-bond acceptors (Lipinski definition) is 5. The van der Waals surface area contributed by atoms with E-state index in [-0.39, 0.29) is 30.0 Å². The number of nitrogens with zero attached hydrogens (tertiary/aromatic N) is 3. The Morgan fingerprint density at radius 1 is 1.14 bits per heavy atom. The van der Waals surface area contributed by atoms with E-state index in [0.717, 1.165) is 11.3 Å². The molecule has 150 valence electrons. The van der Waals surface area contributed by atoms with Gasteiger partial charge < -0.3 is 15.0 Å². The van der Waals surface area contributed by atoms with Gasteiger partial charge in [0.15, 0.2) is 0 Å². The Kier molecular flexibility index (Phi) is 8.55. The van der Waals surface area contributed by atoms with E-state index in [9.17, 15) is 9.59 Å². The Hall–Kier alpha value is -2.80. The molecule has 7 heteroatoms. The number of aromatic nitrogens is 2. The van der Waals surface area contributed by atoms with E-state index in [2.05, 4.69) is 15.3 Å². The minimum Gasteiger partial charge on any atom is -0.385 e. The Morgan fingerprint density at radius 3 is 2.54 bits per heavy atom. The lowest BCUT2D eigenvalue weighted by Gasteiger charge is -2.22. The van der Waals surface area contributed by atoms with Gasteiger partial charge in [-0.2, -0.15) is 0 Å². The molecule has 2 aromatic rings. The summed E-state index contributed by atoms with van der Waals surface area (Å²) in [6.45, 7) is 5.10. The first-order valence-corrected chi connectivity index (χ1v) is 9.42. The van der Waals surface area contributed by atoms with Crippen molar-refractivity contribution in [2.24, 2.45) is 0 Å². The number of rotatable bonds is 10. The molecule has 0 fully saturated rings. The maximum Gasteiger partial charge on any atom is 0.274 e. The largest absolute Gasteiger partial charge is 0.385 e. The number of nitrogens with one attached hydrogen (secondary N) is 1. The molecule has 2 amide bonds. The standard InChI is InChI=1S/C21H28N4O3/c1-16-14-23-19(15-22-16)21(27)25(11-7-13-28-3)12-10-20(26)24-17(2)18-8-5-4-6-9-18/h4-6,8-9,14-15,17H,7,10-13H2,1-3H3,(H,24,26). The summed E-state index contributed by atoms with van der Waals surface area (Å²) in [5.41, 5.74) is 2.07. The van der Waals surface area contributed by atoms with Gasteiger partial charge in [-0.1, -0.05) is 30.3 Å². The van der Waals surface area contributed by atoms with E-state index < -0.39 is 0 Å². The zero-order valence-corrected chi connectivity index (χ0v) is 16.7. The summed E-state index contributed by atoms with van der Waals surface area (Å²) in [4.78, 5) is 35.0.